The summed E-state index contributed by atoms with van der Waals surface area (Å²) in [5, 5.41) is 3.44. The van der Waals surface area contributed by atoms with E-state index in [0.717, 1.165) is 66.3 Å². The minimum Gasteiger partial charge on any atom is -0.460 e. The number of rotatable bonds is 5. The average Bonchev–Trinajstić information content (AvgIpc) is 3.40. The Labute approximate surface area is 170 Å². The highest BCUT2D eigenvalue weighted by Crippen LogP contribution is 2.40. The van der Waals surface area contributed by atoms with Crippen LogP contribution in [0.1, 0.15) is 35.6 Å². The molecule has 1 saturated heterocycles. The van der Waals surface area contributed by atoms with E-state index in [-0.39, 0.29) is 0 Å². The maximum atomic E-state index is 6.52. The van der Waals surface area contributed by atoms with Crippen LogP contribution in [0.15, 0.2) is 59.3 Å². The molecule has 29 heavy (non-hydrogen) atoms. The van der Waals surface area contributed by atoms with Crippen molar-refractivity contribution in [3.05, 3.63) is 71.8 Å². The lowest BCUT2D eigenvalue weighted by Crippen LogP contribution is -2.26. The van der Waals surface area contributed by atoms with Gasteiger partial charge in [-0.15, -0.1) is 0 Å². The van der Waals surface area contributed by atoms with E-state index in [2.05, 4.69) is 58.3 Å². The zero-order chi connectivity index (χ0) is 19.6. The molecular formula is C24H25N3O2. The first-order chi connectivity index (χ1) is 14.3. The van der Waals surface area contributed by atoms with E-state index >= 15 is 0 Å². The summed E-state index contributed by atoms with van der Waals surface area (Å²) >= 11 is 0. The topological polar surface area (TPSA) is 59.3 Å². The van der Waals surface area contributed by atoms with Crippen LogP contribution in [0.25, 0.3) is 28.1 Å². The smallest absolute Gasteiger partial charge is 0.142 e. The van der Waals surface area contributed by atoms with E-state index in [1.165, 1.54) is 11.1 Å². The SMILES string of the molecule is CONC1=CCc2cc(-c3oc(C4CCNCC4)cc3-c3ccncc3)ccc21. The summed E-state index contributed by atoms with van der Waals surface area (Å²) in [7, 11) is 1.64. The highest BCUT2D eigenvalue weighted by atomic mass is 16.6. The maximum absolute atomic E-state index is 6.52. The first-order valence-electron chi connectivity index (χ1n) is 10.2. The third-order valence-corrected chi connectivity index (χ3v) is 5.88. The molecule has 5 rings (SSSR count). The minimum atomic E-state index is 0.471. The molecule has 1 aliphatic carbocycles. The van der Waals surface area contributed by atoms with Gasteiger partial charge in [0.15, 0.2) is 0 Å². The Morgan fingerprint density at radius 1 is 1.03 bits per heavy atom. The number of hydroxylamine groups is 1. The van der Waals surface area contributed by atoms with Crippen molar-refractivity contribution < 1.29 is 9.25 Å². The number of fused-ring (bicyclic) bond motifs is 1. The van der Waals surface area contributed by atoms with Gasteiger partial charge in [-0.05, 0) is 67.7 Å². The number of hydrogen-bond acceptors (Lipinski definition) is 5. The summed E-state index contributed by atoms with van der Waals surface area (Å²) in [5.41, 5.74) is 9.85. The van der Waals surface area contributed by atoms with Crippen LogP contribution in [-0.4, -0.2) is 25.2 Å². The Bertz CT molecular complexity index is 1030. The highest BCUT2D eigenvalue weighted by Gasteiger charge is 2.24. The van der Waals surface area contributed by atoms with Crippen LogP contribution >= 0.6 is 0 Å². The van der Waals surface area contributed by atoms with Gasteiger partial charge in [-0.3, -0.25) is 15.3 Å². The number of allylic oxidation sites excluding steroid dienone is 1. The summed E-state index contributed by atoms with van der Waals surface area (Å²) in [6, 6.07) is 12.9. The summed E-state index contributed by atoms with van der Waals surface area (Å²) in [5.74, 6) is 2.51. The lowest BCUT2D eigenvalue weighted by molar-refractivity contribution is 0.137. The Balaban J connectivity index is 1.56. The molecule has 3 heterocycles. The number of nitrogens with zero attached hydrogens (tertiary/aromatic N) is 1. The Morgan fingerprint density at radius 3 is 2.66 bits per heavy atom. The molecule has 0 saturated carbocycles. The summed E-state index contributed by atoms with van der Waals surface area (Å²) in [4.78, 5) is 9.28. The number of pyridine rings is 1. The monoisotopic (exact) mass is 387 g/mol. The molecule has 5 heteroatoms. The number of aromatic nitrogens is 1. The Morgan fingerprint density at radius 2 is 1.86 bits per heavy atom. The molecule has 2 aliphatic rings. The standard InChI is InChI=1S/C24H25N3O2/c1-28-27-22-5-3-18-14-19(2-4-20(18)22)24-21(16-6-10-25-11-7-16)15-23(29-24)17-8-12-26-13-9-17/h2,4-7,10-11,14-15,17,26-27H,3,8-9,12-13H2,1H3. The van der Waals surface area contributed by atoms with Gasteiger partial charge in [0.25, 0.3) is 0 Å². The van der Waals surface area contributed by atoms with Gasteiger partial charge in [0.2, 0.25) is 0 Å². The molecule has 0 unspecified atom stereocenters. The number of piperidine rings is 1. The summed E-state index contributed by atoms with van der Waals surface area (Å²) in [6.45, 7) is 2.09. The van der Waals surface area contributed by atoms with Crippen molar-refractivity contribution in [2.45, 2.75) is 25.2 Å². The van der Waals surface area contributed by atoms with Crippen LogP contribution in [0.3, 0.4) is 0 Å². The molecule has 0 atom stereocenters. The van der Waals surface area contributed by atoms with Gasteiger partial charge in [0.05, 0.1) is 12.8 Å². The molecule has 0 radical (unpaired) electrons. The predicted octanol–water partition coefficient (Wildman–Crippen LogP) is 4.52. The molecule has 1 fully saturated rings. The van der Waals surface area contributed by atoms with Crippen molar-refractivity contribution in [1.29, 1.82) is 0 Å². The van der Waals surface area contributed by atoms with E-state index in [9.17, 15) is 0 Å². The third kappa shape index (κ3) is 3.48. The second-order valence-electron chi connectivity index (χ2n) is 7.65. The minimum absolute atomic E-state index is 0.471. The van der Waals surface area contributed by atoms with Crippen LogP contribution in [0, 0.1) is 0 Å². The number of furan rings is 1. The first-order valence-corrected chi connectivity index (χ1v) is 10.2. The van der Waals surface area contributed by atoms with E-state index in [4.69, 9.17) is 9.25 Å². The van der Waals surface area contributed by atoms with Gasteiger partial charge >= 0.3 is 0 Å². The lowest BCUT2D eigenvalue weighted by Gasteiger charge is -2.20. The molecule has 0 amide bonds. The number of benzene rings is 1. The molecule has 2 N–H and O–H groups in total. The van der Waals surface area contributed by atoms with Crippen LogP contribution in [0.4, 0.5) is 0 Å². The fourth-order valence-corrected chi connectivity index (χ4v) is 4.37. The number of hydrogen-bond donors (Lipinski definition) is 2. The van der Waals surface area contributed by atoms with Gasteiger partial charge in [-0.25, -0.2) is 0 Å². The maximum Gasteiger partial charge on any atom is 0.142 e. The van der Waals surface area contributed by atoms with Crippen LogP contribution in [0.5, 0.6) is 0 Å². The Kier molecular flexibility index (Phi) is 4.92. The second kappa shape index (κ2) is 7.85. The molecule has 0 spiro atoms. The van der Waals surface area contributed by atoms with Crippen molar-refractivity contribution in [2.24, 2.45) is 0 Å². The summed E-state index contributed by atoms with van der Waals surface area (Å²) < 4.78 is 6.52. The van der Waals surface area contributed by atoms with Gasteiger partial charge in [0, 0.05) is 35.0 Å². The fourth-order valence-electron chi connectivity index (χ4n) is 4.37. The highest BCUT2D eigenvalue weighted by molar-refractivity contribution is 5.82. The quantitative estimate of drug-likeness (QED) is 0.630. The van der Waals surface area contributed by atoms with Crippen LogP contribution in [0.2, 0.25) is 0 Å². The van der Waals surface area contributed by atoms with Gasteiger partial charge in [-0.2, -0.15) is 0 Å². The van der Waals surface area contributed by atoms with E-state index < -0.39 is 0 Å². The normalized spacial score (nSPS) is 16.5. The van der Waals surface area contributed by atoms with E-state index in [1.807, 2.05) is 12.4 Å². The number of nitrogens with one attached hydrogen (secondary N) is 2. The van der Waals surface area contributed by atoms with Crippen LogP contribution in [-0.2, 0) is 11.3 Å². The van der Waals surface area contributed by atoms with Crippen molar-refractivity contribution in [1.82, 2.24) is 15.8 Å². The molecule has 148 valence electrons. The largest absolute Gasteiger partial charge is 0.460 e. The molecule has 3 aromatic rings. The Hall–Kier alpha value is -2.89. The lowest BCUT2D eigenvalue weighted by atomic mass is 9.94. The molecular weight excluding hydrogens is 362 g/mol. The van der Waals surface area contributed by atoms with Crippen molar-refractivity contribution in [3.63, 3.8) is 0 Å². The average molecular weight is 387 g/mol. The molecule has 1 aliphatic heterocycles. The first kappa shape index (κ1) is 18.2. The molecule has 5 nitrogen and oxygen atoms in total. The summed E-state index contributed by atoms with van der Waals surface area (Å²) in [6.07, 6.45) is 8.95. The third-order valence-electron chi connectivity index (χ3n) is 5.88. The molecule has 1 aromatic carbocycles. The van der Waals surface area contributed by atoms with Crippen molar-refractivity contribution >= 4 is 5.70 Å². The van der Waals surface area contributed by atoms with Crippen molar-refractivity contribution in [2.75, 3.05) is 20.2 Å². The van der Waals surface area contributed by atoms with Gasteiger partial charge in [0.1, 0.15) is 11.5 Å². The zero-order valence-corrected chi connectivity index (χ0v) is 16.6. The fraction of sp³-hybridized carbons (Fsp3) is 0.292. The predicted molar refractivity (Wildman–Crippen MR) is 114 cm³/mol. The van der Waals surface area contributed by atoms with Crippen molar-refractivity contribution in [3.8, 4) is 22.5 Å². The van der Waals surface area contributed by atoms with E-state index in [1.54, 1.807) is 7.11 Å². The zero-order valence-electron chi connectivity index (χ0n) is 16.6. The molecule has 0 bridgehead atoms. The van der Waals surface area contributed by atoms with E-state index in [0.29, 0.717) is 5.92 Å². The van der Waals surface area contributed by atoms with Crippen LogP contribution < -0.4 is 10.8 Å². The van der Waals surface area contributed by atoms with Gasteiger partial charge in [-0.1, -0.05) is 18.2 Å². The second-order valence-corrected chi connectivity index (χ2v) is 7.65. The van der Waals surface area contributed by atoms with Gasteiger partial charge < -0.3 is 9.73 Å². The molecule has 2 aromatic heterocycles.